The van der Waals surface area contributed by atoms with Crippen LogP contribution >= 0.6 is 0 Å². The molecule has 0 aromatic carbocycles. The lowest BCUT2D eigenvalue weighted by atomic mass is 10.2. The average Bonchev–Trinajstić information content (AvgIpc) is 2.78. The molecule has 1 fully saturated rings. The highest BCUT2D eigenvalue weighted by Crippen LogP contribution is 2.19. The van der Waals surface area contributed by atoms with Crippen molar-refractivity contribution < 1.29 is 24.1 Å². The highest BCUT2D eigenvalue weighted by atomic mass is 16.6. The van der Waals surface area contributed by atoms with Crippen LogP contribution in [0.4, 0.5) is 0 Å². The van der Waals surface area contributed by atoms with E-state index >= 15 is 0 Å². The van der Waals surface area contributed by atoms with Gasteiger partial charge in [-0.15, -0.1) is 0 Å². The number of aliphatic carboxylic acids is 1. The van der Waals surface area contributed by atoms with Crippen LogP contribution in [0.15, 0.2) is 12.3 Å². The predicted molar refractivity (Wildman–Crippen MR) is 55.0 cm³/mol. The molecule has 0 unspecified atom stereocenters. The summed E-state index contributed by atoms with van der Waals surface area (Å²) in [6.07, 6.45) is 0.701. The van der Waals surface area contributed by atoms with Gasteiger partial charge in [-0.05, 0) is 0 Å². The van der Waals surface area contributed by atoms with E-state index in [-0.39, 0.29) is 18.7 Å². The van der Waals surface area contributed by atoms with Crippen molar-refractivity contribution in [3.8, 4) is 11.9 Å². The first-order valence-corrected chi connectivity index (χ1v) is 5.07. The molecular weight excluding hydrogens is 228 g/mol. The van der Waals surface area contributed by atoms with Crippen molar-refractivity contribution in [3.63, 3.8) is 0 Å². The largest absolute Gasteiger partial charge is 0.479 e. The van der Waals surface area contributed by atoms with Crippen molar-refractivity contribution in [1.29, 1.82) is 0 Å². The molecule has 92 valence electrons. The Hall–Kier alpha value is -1.89. The lowest BCUT2D eigenvalue weighted by molar-refractivity contribution is -0.147. The molecule has 17 heavy (non-hydrogen) atoms. The molecule has 2 rings (SSSR count). The minimum absolute atomic E-state index is 0.205. The van der Waals surface area contributed by atoms with Crippen LogP contribution in [0.5, 0.6) is 11.9 Å². The molecule has 7 heteroatoms. The molecule has 1 aromatic rings. The maximum absolute atomic E-state index is 10.7. The first kappa shape index (κ1) is 11.6. The Bertz CT molecular complexity index is 411. The van der Waals surface area contributed by atoms with E-state index in [2.05, 4.69) is 9.97 Å². The third kappa shape index (κ3) is 2.82. The van der Waals surface area contributed by atoms with Crippen molar-refractivity contribution in [3.05, 3.63) is 12.3 Å². The van der Waals surface area contributed by atoms with E-state index in [1.165, 1.54) is 13.3 Å². The zero-order chi connectivity index (χ0) is 12.3. The van der Waals surface area contributed by atoms with Gasteiger partial charge in [0.2, 0.25) is 5.88 Å². The Morgan fingerprint density at radius 2 is 2.47 bits per heavy atom. The molecule has 2 heterocycles. The highest BCUT2D eigenvalue weighted by molar-refractivity contribution is 5.72. The van der Waals surface area contributed by atoms with Gasteiger partial charge < -0.3 is 19.3 Å². The summed E-state index contributed by atoms with van der Waals surface area (Å²) in [7, 11) is 1.46. The lowest BCUT2D eigenvalue weighted by Gasteiger charge is -2.10. The number of carboxylic acids is 1. The molecule has 1 aliphatic heterocycles. The smallest absolute Gasteiger partial charge is 0.332 e. The number of carbonyl (C=O) groups is 1. The van der Waals surface area contributed by atoms with Crippen molar-refractivity contribution in [2.45, 2.75) is 18.6 Å². The van der Waals surface area contributed by atoms with Gasteiger partial charge in [0.15, 0.2) is 6.10 Å². The SMILES string of the molecule is COc1nccc(O[C@@H]2CO[C@@H](C(=O)O)C2)n1. The topological polar surface area (TPSA) is 90.8 Å². The fourth-order valence-electron chi connectivity index (χ4n) is 1.51. The summed E-state index contributed by atoms with van der Waals surface area (Å²) in [4.78, 5) is 18.5. The van der Waals surface area contributed by atoms with Gasteiger partial charge in [0, 0.05) is 18.7 Å². The normalized spacial score (nSPS) is 23.4. The molecule has 0 spiro atoms. The van der Waals surface area contributed by atoms with Crippen LogP contribution in [0.1, 0.15) is 6.42 Å². The molecule has 1 aromatic heterocycles. The van der Waals surface area contributed by atoms with Gasteiger partial charge in [-0.25, -0.2) is 9.78 Å². The first-order chi connectivity index (χ1) is 8.19. The second-order valence-electron chi connectivity index (χ2n) is 3.52. The zero-order valence-electron chi connectivity index (χ0n) is 9.20. The predicted octanol–water partition coefficient (Wildman–Crippen LogP) is 0.106. The Morgan fingerprint density at radius 3 is 3.12 bits per heavy atom. The van der Waals surface area contributed by atoms with Crippen LogP contribution in [-0.4, -0.2) is 47.0 Å². The number of methoxy groups -OCH3 is 1. The first-order valence-electron chi connectivity index (χ1n) is 5.07. The summed E-state index contributed by atoms with van der Waals surface area (Å²) in [6, 6.07) is 1.78. The Morgan fingerprint density at radius 1 is 1.65 bits per heavy atom. The van der Waals surface area contributed by atoms with Crippen molar-refractivity contribution in [1.82, 2.24) is 9.97 Å². The molecule has 1 aliphatic rings. The maximum Gasteiger partial charge on any atom is 0.332 e. The molecule has 1 N–H and O–H groups in total. The molecule has 0 radical (unpaired) electrons. The Labute approximate surface area is 97.4 Å². The monoisotopic (exact) mass is 240 g/mol. The summed E-state index contributed by atoms with van der Waals surface area (Å²) in [6.45, 7) is 0.239. The highest BCUT2D eigenvalue weighted by Gasteiger charge is 2.32. The molecule has 0 amide bonds. The average molecular weight is 240 g/mol. The van der Waals surface area contributed by atoms with E-state index in [4.69, 9.17) is 19.3 Å². The molecular formula is C10H12N2O5. The van der Waals surface area contributed by atoms with Gasteiger partial charge in [0.05, 0.1) is 13.7 Å². The van der Waals surface area contributed by atoms with Gasteiger partial charge in [-0.2, -0.15) is 4.98 Å². The number of carboxylic acid groups (broad SMARTS) is 1. The molecule has 7 nitrogen and oxygen atoms in total. The standard InChI is InChI=1S/C10H12N2O5/c1-15-10-11-3-2-8(12-10)17-6-4-7(9(13)14)16-5-6/h2-3,6-7H,4-5H2,1H3,(H,13,14)/t6-,7+/m0/s1. The fraction of sp³-hybridized carbons (Fsp3) is 0.500. The molecule has 2 atom stereocenters. The number of nitrogens with zero attached hydrogens (tertiary/aromatic N) is 2. The Balaban J connectivity index is 1.95. The van der Waals surface area contributed by atoms with Crippen molar-refractivity contribution in [2.75, 3.05) is 13.7 Å². The second kappa shape index (κ2) is 4.96. The number of ether oxygens (including phenoxy) is 3. The van der Waals surface area contributed by atoms with Crippen LogP contribution in [-0.2, 0) is 9.53 Å². The summed E-state index contributed by atoms with van der Waals surface area (Å²) in [5.74, 6) is -0.632. The summed E-state index contributed by atoms with van der Waals surface area (Å²) >= 11 is 0. The fourth-order valence-corrected chi connectivity index (χ4v) is 1.51. The number of rotatable bonds is 4. The summed E-state index contributed by atoms with van der Waals surface area (Å²) < 4.78 is 15.4. The maximum atomic E-state index is 10.7. The van der Waals surface area contributed by atoms with E-state index in [1.54, 1.807) is 6.07 Å². The van der Waals surface area contributed by atoms with Gasteiger partial charge in [0.25, 0.3) is 0 Å². The van der Waals surface area contributed by atoms with E-state index in [9.17, 15) is 4.79 Å². The molecule has 0 saturated carbocycles. The molecule has 1 saturated heterocycles. The van der Waals surface area contributed by atoms with E-state index < -0.39 is 12.1 Å². The van der Waals surface area contributed by atoms with Crippen LogP contribution < -0.4 is 9.47 Å². The minimum Gasteiger partial charge on any atom is -0.479 e. The van der Waals surface area contributed by atoms with Crippen LogP contribution in [0.2, 0.25) is 0 Å². The Kier molecular flexibility index (Phi) is 3.38. The third-order valence-electron chi connectivity index (χ3n) is 2.31. The van der Waals surface area contributed by atoms with Crippen LogP contribution in [0.25, 0.3) is 0 Å². The van der Waals surface area contributed by atoms with Gasteiger partial charge in [-0.1, -0.05) is 0 Å². The number of hydrogen-bond acceptors (Lipinski definition) is 6. The quantitative estimate of drug-likeness (QED) is 0.798. The van der Waals surface area contributed by atoms with Crippen LogP contribution in [0.3, 0.4) is 0 Å². The van der Waals surface area contributed by atoms with Gasteiger partial charge >= 0.3 is 12.0 Å². The van der Waals surface area contributed by atoms with Crippen molar-refractivity contribution >= 4 is 5.97 Å². The second-order valence-corrected chi connectivity index (χ2v) is 3.52. The summed E-state index contributed by atoms with van der Waals surface area (Å²) in [5.41, 5.74) is 0. The van der Waals surface area contributed by atoms with Gasteiger partial charge in [-0.3, -0.25) is 0 Å². The number of aromatic nitrogens is 2. The van der Waals surface area contributed by atoms with Crippen LogP contribution in [0, 0.1) is 0 Å². The summed E-state index contributed by atoms with van der Waals surface area (Å²) in [5, 5.41) is 8.75. The zero-order valence-corrected chi connectivity index (χ0v) is 9.20. The lowest BCUT2D eigenvalue weighted by Crippen LogP contribution is -2.21. The molecule has 0 aliphatic carbocycles. The number of hydrogen-bond donors (Lipinski definition) is 1. The van der Waals surface area contributed by atoms with E-state index in [0.717, 1.165) is 0 Å². The third-order valence-corrected chi connectivity index (χ3v) is 2.31. The van der Waals surface area contributed by atoms with E-state index in [0.29, 0.717) is 12.3 Å². The van der Waals surface area contributed by atoms with E-state index in [1.807, 2.05) is 0 Å². The molecule has 0 bridgehead atoms. The van der Waals surface area contributed by atoms with Gasteiger partial charge in [0.1, 0.15) is 6.10 Å². The minimum atomic E-state index is -0.976. The van der Waals surface area contributed by atoms with Crippen molar-refractivity contribution in [2.24, 2.45) is 0 Å².